The SMILES string of the molecule is CC(C)(C)OC(=O)[C@](N)(CC(=O)C=[N+]=[N-])NC(=O)[C@@](N)(Cc1ccccc1)C(=O)OCc1ccccc1. The molecule has 0 radical (unpaired) electrons. The molecule has 11 heteroatoms. The highest BCUT2D eigenvalue weighted by molar-refractivity contribution is 6.26. The summed E-state index contributed by atoms with van der Waals surface area (Å²) in [6.45, 7) is 4.53. The van der Waals surface area contributed by atoms with Crippen LogP contribution in [-0.2, 0) is 41.7 Å². The smallest absolute Gasteiger partial charge is 0.347 e. The van der Waals surface area contributed by atoms with Gasteiger partial charge in [0.25, 0.3) is 5.91 Å². The number of amides is 1. The topological polar surface area (TPSA) is 187 Å². The lowest BCUT2D eigenvalue weighted by Crippen LogP contribution is -2.71. The van der Waals surface area contributed by atoms with E-state index in [2.05, 4.69) is 10.1 Å². The maximum absolute atomic E-state index is 13.5. The highest BCUT2D eigenvalue weighted by atomic mass is 16.6. The molecule has 37 heavy (non-hydrogen) atoms. The van der Waals surface area contributed by atoms with E-state index in [-0.39, 0.29) is 13.0 Å². The Morgan fingerprint density at radius 3 is 1.97 bits per heavy atom. The molecule has 11 nitrogen and oxygen atoms in total. The van der Waals surface area contributed by atoms with Crippen LogP contribution in [0.2, 0.25) is 0 Å². The van der Waals surface area contributed by atoms with Gasteiger partial charge in [0.05, 0.1) is 6.42 Å². The number of nitrogens with one attached hydrogen (secondary N) is 1. The maximum Gasteiger partial charge on any atom is 0.347 e. The highest BCUT2D eigenvalue weighted by Crippen LogP contribution is 2.19. The predicted molar refractivity (Wildman–Crippen MR) is 134 cm³/mol. The van der Waals surface area contributed by atoms with Gasteiger partial charge < -0.3 is 26.1 Å². The molecule has 2 rings (SSSR count). The molecule has 0 spiro atoms. The second-order valence-corrected chi connectivity index (χ2v) is 9.51. The molecular formula is C26H31N5O6. The van der Waals surface area contributed by atoms with Crippen LogP contribution in [0.1, 0.15) is 38.3 Å². The van der Waals surface area contributed by atoms with Crippen LogP contribution < -0.4 is 16.8 Å². The lowest BCUT2D eigenvalue weighted by atomic mass is 9.89. The Kier molecular flexibility index (Phi) is 9.56. The Bertz CT molecular complexity index is 1170. The molecule has 196 valence electrons. The van der Waals surface area contributed by atoms with E-state index in [1.807, 2.05) is 0 Å². The van der Waals surface area contributed by atoms with E-state index in [1.165, 1.54) is 0 Å². The standard InChI is InChI=1S/C26H31N5O6/c1-24(2,3)37-23(35)26(28,15-20(32)16-30-29)31-21(33)25(27,14-18-10-6-4-7-11-18)22(34)36-17-19-12-8-5-9-13-19/h4-13,16H,14-15,17,27-28H2,1-3H3,(H,31,33)/t25-,26-/m0/s1. The van der Waals surface area contributed by atoms with Gasteiger partial charge >= 0.3 is 18.2 Å². The van der Waals surface area contributed by atoms with Crippen LogP contribution in [0.3, 0.4) is 0 Å². The number of ketones is 1. The normalized spacial score (nSPS) is 14.2. The number of esters is 2. The summed E-state index contributed by atoms with van der Waals surface area (Å²) in [5.74, 6) is -4.30. The third kappa shape index (κ3) is 8.46. The zero-order valence-corrected chi connectivity index (χ0v) is 21.0. The monoisotopic (exact) mass is 509 g/mol. The van der Waals surface area contributed by atoms with E-state index in [0.29, 0.717) is 17.3 Å². The average Bonchev–Trinajstić information content (AvgIpc) is 2.82. The lowest BCUT2D eigenvalue weighted by molar-refractivity contribution is -0.167. The van der Waals surface area contributed by atoms with Crippen LogP contribution in [0.5, 0.6) is 0 Å². The first kappa shape index (κ1) is 29.1. The largest absolute Gasteiger partial charge is 0.459 e. The Labute approximate surface area is 214 Å². The summed E-state index contributed by atoms with van der Waals surface area (Å²) in [6.07, 6.45) is -0.617. The van der Waals surface area contributed by atoms with Crippen LogP contribution in [0.15, 0.2) is 60.7 Å². The van der Waals surface area contributed by atoms with Crippen molar-refractivity contribution in [3.63, 3.8) is 0 Å². The first-order valence-electron chi connectivity index (χ1n) is 11.4. The number of rotatable bonds is 11. The summed E-state index contributed by atoms with van der Waals surface area (Å²) in [6, 6.07) is 17.2. The number of nitrogens with two attached hydrogens (primary N) is 2. The molecule has 0 aliphatic carbocycles. The third-order valence-corrected chi connectivity index (χ3v) is 5.06. The van der Waals surface area contributed by atoms with Crippen molar-refractivity contribution in [1.82, 2.24) is 5.32 Å². The molecule has 0 unspecified atom stereocenters. The van der Waals surface area contributed by atoms with Crippen LogP contribution >= 0.6 is 0 Å². The molecule has 0 fully saturated rings. The summed E-state index contributed by atoms with van der Waals surface area (Å²) in [5, 5.41) is 2.22. The molecule has 5 N–H and O–H groups in total. The number of nitrogens with zero attached hydrogens (tertiary/aromatic N) is 2. The van der Waals surface area contributed by atoms with Crippen molar-refractivity contribution in [2.45, 2.75) is 57.0 Å². The van der Waals surface area contributed by atoms with Crippen LogP contribution in [-0.4, -0.2) is 51.4 Å². The molecule has 0 saturated carbocycles. The Morgan fingerprint density at radius 2 is 1.46 bits per heavy atom. The predicted octanol–water partition coefficient (Wildman–Crippen LogP) is 1.04. The van der Waals surface area contributed by atoms with Gasteiger partial charge in [-0.1, -0.05) is 60.7 Å². The van der Waals surface area contributed by atoms with Crippen molar-refractivity contribution < 1.29 is 33.4 Å². The molecule has 0 saturated heterocycles. The molecule has 1 amide bonds. The number of ether oxygens (including phenoxy) is 2. The van der Waals surface area contributed by atoms with Gasteiger partial charge in [0.2, 0.25) is 5.78 Å². The minimum atomic E-state index is -2.44. The average molecular weight is 510 g/mol. The third-order valence-electron chi connectivity index (χ3n) is 5.06. The van der Waals surface area contributed by atoms with Crippen LogP contribution in [0, 0.1) is 0 Å². The molecule has 0 aliphatic heterocycles. The van der Waals surface area contributed by atoms with Gasteiger partial charge in [-0.2, -0.15) is 4.79 Å². The Hall–Kier alpha value is -4.18. The molecule has 0 aromatic heterocycles. The maximum atomic E-state index is 13.5. The van der Waals surface area contributed by atoms with E-state index in [4.69, 9.17) is 26.5 Å². The van der Waals surface area contributed by atoms with Crippen molar-refractivity contribution in [3.05, 3.63) is 77.3 Å². The lowest BCUT2D eigenvalue weighted by Gasteiger charge is -2.34. The van der Waals surface area contributed by atoms with Gasteiger partial charge in [-0.25, -0.2) is 9.59 Å². The molecule has 0 bridgehead atoms. The molecule has 0 aliphatic rings. The van der Waals surface area contributed by atoms with E-state index >= 15 is 0 Å². The van der Waals surface area contributed by atoms with Crippen molar-refractivity contribution in [2.24, 2.45) is 11.5 Å². The van der Waals surface area contributed by atoms with Crippen LogP contribution in [0.25, 0.3) is 5.53 Å². The number of hydrogen-bond donors (Lipinski definition) is 3. The zero-order chi connectivity index (χ0) is 27.7. The summed E-state index contributed by atoms with van der Waals surface area (Å²) in [7, 11) is 0. The number of benzene rings is 2. The van der Waals surface area contributed by atoms with Gasteiger partial charge in [0.1, 0.15) is 12.2 Å². The molecule has 2 aromatic carbocycles. The number of carbonyl (C=O) groups excluding carboxylic acids is 4. The van der Waals surface area contributed by atoms with Gasteiger partial charge in [-0.05, 0) is 31.9 Å². The fraction of sp³-hybridized carbons (Fsp3) is 0.346. The van der Waals surface area contributed by atoms with Crippen molar-refractivity contribution >= 4 is 29.8 Å². The minimum absolute atomic E-state index is 0.161. The van der Waals surface area contributed by atoms with Crippen molar-refractivity contribution in [1.29, 1.82) is 0 Å². The molecule has 0 heterocycles. The van der Waals surface area contributed by atoms with Crippen molar-refractivity contribution in [3.8, 4) is 0 Å². The van der Waals surface area contributed by atoms with E-state index in [9.17, 15) is 19.2 Å². The van der Waals surface area contributed by atoms with Crippen molar-refractivity contribution in [2.75, 3.05) is 0 Å². The number of hydrogen-bond acceptors (Lipinski definition) is 8. The first-order chi connectivity index (χ1) is 17.3. The summed E-state index contributed by atoms with van der Waals surface area (Å²) >= 11 is 0. The quantitative estimate of drug-likeness (QED) is 0.100. The van der Waals surface area contributed by atoms with E-state index in [1.54, 1.807) is 81.4 Å². The zero-order valence-electron chi connectivity index (χ0n) is 21.0. The van der Waals surface area contributed by atoms with Gasteiger partial charge in [0, 0.05) is 6.42 Å². The highest BCUT2D eigenvalue weighted by Gasteiger charge is 2.50. The Balaban J connectivity index is 2.41. The Morgan fingerprint density at radius 1 is 0.919 bits per heavy atom. The van der Waals surface area contributed by atoms with Gasteiger partial charge in [-0.15, -0.1) is 0 Å². The molecular weight excluding hydrogens is 478 g/mol. The summed E-state index contributed by atoms with van der Waals surface area (Å²) in [4.78, 5) is 54.5. The fourth-order valence-corrected chi connectivity index (χ4v) is 3.25. The summed E-state index contributed by atoms with van der Waals surface area (Å²) < 4.78 is 10.6. The van der Waals surface area contributed by atoms with Gasteiger partial charge in [0.15, 0.2) is 11.2 Å². The molecule has 2 aromatic rings. The summed E-state index contributed by atoms with van der Waals surface area (Å²) in [5.41, 5.74) is 16.6. The van der Waals surface area contributed by atoms with E-state index in [0.717, 1.165) is 0 Å². The number of Topliss-reactive ketones (excluding diaryl/α,β-unsaturated/α-hetero) is 1. The van der Waals surface area contributed by atoms with E-state index < -0.39 is 46.9 Å². The first-order valence-corrected chi connectivity index (χ1v) is 11.4. The van der Waals surface area contributed by atoms with Crippen LogP contribution in [0.4, 0.5) is 0 Å². The minimum Gasteiger partial charge on any atom is -0.459 e. The number of carbonyl (C=O) groups is 4. The second-order valence-electron chi connectivity index (χ2n) is 9.51. The fourth-order valence-electron chi connectivity index (χ4n) is 3.25. The second kappa shape index (κ2) is 12.2. The van der Waals surface area contributed by atoms with Gasteiger partial charge in [-0.3, -0.25) is 15.3 Å². The molecule has 2 atom stereocenters.